The quantitative estimate of drug-likeness (QED) is 0.740. The molecule has 2 rings (SSSR count). The molecule has 6 heteroatoms. The summed E-state index contributed by atoms with van der Waals surface area (Å²) in [6.07, 6.45) is 2.03. The zero-order valence-corrected chi connectivity index (χ0v) is 10.9. The molecule has 1 aliphatic heterocycles. The molecule has 0 bridgehead atoms. The van der Waals surface area contributed by atoms with E-state index in [0.717, 1.165) is 17.2 Å². The molecule has 0 aromatic carbocycles. The molecule has 1 aromatic heterocycles. The van der Waals surface area contributed by atoms with Crippen LogP contribution < -0.4 is 16.0 Å². The lowest BCUT2D eigenvalue weighted by molar-refractivity contribution is -0.119. The number of nitrogens with zero attached hydrogens (tertiary/aromatic N) is 2. The van der Waals surface area contributed by atoms with Crippen molar-refractivity contribution in [2.45, 2.75) is 32.2 Å². The third-order valence-corrected chi connectivity index (χ3v) is 3.02. The number of amides is 1. The average Bonchev–Trinajstić information content (AvgIpc) is 2.74. The molecule has 1 atom stereocenters. The molecule has 1 aromatic rings. The van der Waals surface area contributed by atoms with Gasteiger partial charge in [-0.15, -0.1) is 0 Å². The summed E-state index contributed by atoms with van der Waals surface area (Å²) in [6, 6.07) is 0.106. The molecular formula is C12H19N5O. The first-order valence-electron chi connectivity index (χ1n) is 6.17. The maximum absolute atomic E-state index is 11.2. The molecule has 0 radical (unpaired) electrons. The molecule has 1 saturated heterocycles. The normalized spacial score (nSPS) is 18.9. The van der Waals surface area contributed by atoms with Gasteiger partial charge in [0, 0.05) is 25.6 Å². The summed E-state index contributed by atoms with van der Waals surface area (Å²) < 4.78 is 0. The van der Waals surface area contributed by atoms with Crippen LogP contribution in [0.1, 0.15) is 31.7 Å². The van der Waals surface area contributed by atoms with Crippen LogP contribution in [0.3, 0.4) is 0 Å². The summed E-state index contributed by atoms with van der Waals surface area (Å²) >= 11 is 0. The fraction of sp³-hybridized carbons (Fsp3) is 0.583. The molecule has 0 spiro atoms. The van der Waals surface area contributed by atoms with Crippen LogP contribution in [0.4, 0.5) is 11.6 Å². The van der Waals surface area contributed by atoms with Crippen LogP contribution in [0.5, 0.6) is 0 Å². The van der Waals surface area contributed by atoms with Gasteiger partial charge in [0.2, 0.25) is 5.91 Å². The molecule has 2 heterocycles. The van der Waals surface area contributed by atoms with Crippen molar-refractivity contribution in [2.24, 2.45) is 0 Å². The summed E-state index contributed by atoms with van der Waals surface area (Å²) in [5, 5.41) is 9.21. The zero-order valence-electron chi connectivity index (χ0n) is 10.9. The minimum absolute atomic E-state index is 0.0847. The van der Waals surface area contributed by atoms with E-state index in [1.54, 1.807) is 0 Å². The molecule has 18 heavy (non-hydrogen) atoms. The van der Waals surface area contributed by atoms with E-state index in [9.17, 15) is 4.79 Å². The molecule has 0 saturated carbocycles. The molecule has 1 aliphatic rings. The third-order valence-electron chi connectivity index (χ3n) is 3.02. The van der Waals surface area contributed by atoms with Gasteiger partial charge in [0.25, 0.3) is 0 Å². The Labute approximate surface area is 107 Å². The van der Waals surface area contributed by atoms with Gasteiger partial charge in [-0.1, -0.05) is 13.8 Å². The highest BCUT2D eigenvalue weighted by atomic mass is 16.1. The minimum atomic E-state index is 0.0847. The van der Waals surface area contributed by atoms with Crippen molar-refractivity contribution in [3.8, 4) is 0 Å². The number of carbonyl (C=O) groups is 1. The molecule has 0 aliphatic carbocycles. The number of anilines is 2. The molecular weight excluding hydrogens is 230 g/mol. The van der Waals surface area contributed by atoms with Crippen LogP contribution in [0.2, 0.25) is 0 Å². The Morgan fingerprint density at radius 3 is 2.67 bits per heavy atom. The Hall–Kier alpha value is -1.85. The van der Waals surface area contributed by atoms with E-state index >= 15 is 0 Å². The lowest BCUT2D eigenvalue weighted by Gasteiger charge is -2.19. The van der Waals surface area contributed by atoms with Crippen molar-refractivity contribution in [3.63, 3.8) is 0 Å². The van der Waals surface area contributed by atoms with Gasteiger partial charge in [-0.05, 0) is 5.92 Å². The lowest BCUT2D eigenvalue weighted by atomic mass is 10.0. The van der Waals surface area contributed by atoms with E-state index in [1.165, 1.54) is 6.33 Å². The van der Waals surface area contributed by atoms with Gasteiger partial charge < -0.3 is 16.0 Å². The van der Waals surface area contributed by atoms with Crippen LogP contribution in [0, 0.1) is 0 Å². The van der Waals surface area contributed by atoms with Gasteiger partial charge in [-0.3, -0.25) is 4.79 Å². The molecule has 6 nitrogen and oxygen atoms in total. The maximum Gasteiger partial charge on any atom is 0.222 e. The average molecular weight is 249 g/mol. The van der Waals surface area contributed by atoms with Gasteiger partial charge in [0.05, 0.1) is 6.04 Å². The largest absolute Gasteiger partial charge is 0.373 e. The summed E-state index contributed by atoms with van der Waals surface area (Å²) in [5.41, 5.74) is 1.05. The second kappa shape index (κ2) is 5.20. The Morgan fingerprint density at radius 1 is 1.39 bits per heavy atom. The summed E-state index contributed by atoms with van der Waals surface area (Å²) in [6.45, 7) is 4.85. The topological polar surface area (TPSA) is 78.9 Å². The van der Waals surface area contributed by atoms with Crippen molar-refractivity contribution < 1.29 is 4.79 Å². The number of hydrogen-bond acceptors (Lipinski definition) is 5. The Kier molecular flexibility index (Phi) is 3.64. The van der Waals surface area contributed by atoms with Crippen LogP contribution in [-0.4, -0.2) is 35.5 Å². The molecule has 3 N–H and O–H groups in total. The number of aromatic nitrogens is 2. The predicted molar refractivity (Wildman–Crippen MR) is 70.7 cm³/mol. The van der Waals surface area contributed by atoms with E-state index in [-0.39, 0.29) is 11.9 Å². The van der Waals surface area contributed by atoms with Crippen molar-refractivity contribution in [1.29, 1.82) is 0 Å². The van der Waals surface area contributed by atoms with Crippen molar-refractivity contribution >= 4 is 17.5 Å². The fourth-order valence-electron chi connectivity index (χ4n) is 2.16. The van der Waals surface area contributed by atoms with Crippen molar-refractivity contribution in [3.05, 3.63) is 11.9 Å². The Bertz CT molecular complexity index is 446. The highest BCUT2D eigenvalue weighted by Crippen LogP contribution is 2.28. The van der Waals surface area contributed by atoms with E-state index in [2.05, 4.69) is 39.8 Å². The number of rotatable bonds is 4. The van der Waals surface area contributed by atoms with E-state index in [0.29, 0.717) is 18.9 Å². The van der Waals surface area contributed by atoms with Crippen molar-refractivity contribution in [1.82, 2.24) is 15.3 Å². The number of carbonyl (C=O) groups excluding carboxylic acids is 1. The maximum atomic E-state index is 11.2. The first kappa shape index (κ1) is 12.6. The van der Waals surface area contributed by atoms with Gasteiger partial charge in [0.15, 0.2) is 0 Å². The number of nitrogens with one attached hydrogen (secondary N) is 3. The second-order valence-electron chi connectivity index (χ2n) is 4.74. The van der Waals surface area contributed by atoms with Crippen molar-refractivity contribution in [2.75, 3.05) is 24.2 Å². The van der Waals surface area contributed by atoms with Gasteiger partial charge >= 0.3 is 0 Å². The highest BCUT2D eigenvalue weighted by Gasteiger charge is 2.23. The monoisotopic (exact) mass is 249 g/mol. The van der Waals surface area contributed by atoms with Gasteiger partial charge in [-0.2, -0.15) is 0 Å². The van der Waals surface area contributed by atoms with E-state index in [1.807, 2.05) is 7.05 Å². The van der Waals surface area contributed by atoms with Crippen LogP contribution in [0.15, 0.2) is 6.33 Å². The molecule has 1 amide bonds. The summed E-state index contributed by atoms with van der Waals surface area (Å²) in [4.78, 5) is 19.7. The van der Waals surface area contributed by atoms with Crippen LogP contribution in [0.25, 0.3) is 0 Å². The van der Waals surface area contributed by atoms with Gasteiger partial charge in [0.1, 0.15) is 18.0 Å². The van der Waals surface area contributed by atoms with E-state index < -0.39 is 0 Å². The van der Waals surface area contributed by atoms with E-state index in [4.69, 9.17) is 0 Å². The smallest absolute Gasteiger partial charge is 0.222 e. The van der Waals surface area contributed by atoms with Crippen LogP contribution in [-0.2, 0) is 4.79 Å². The van der Waals surface area contributed by atoms with Crippen LogP contribution >= 0.6 is 0 Å². The molecule has 1 fully saturated rings. The summed E-state index contributed by atoms with van der Waals surface area (Å²) in [7, 11) is 1.85. The minimum Gasteiger partial charge on any atom is -0.373 e. The molecule has 1 unspecified atom stereocenters. The first-order valence-corrected chi connectivity index (χ1v) is 6.17. The Morgan fingerprint density at radius 2 is 2.11 bits per heavy atom. The third kappa shape index (κ3) is 2.52. The highest BCUT2D eigenvalue weighted by molar-refractivity contribution is 5.79. The second-order valence-corrected chi connectivity index (χ2v) is 4.74. The van der Waals surface area contributed by atoms with Gasteiger partial charge in [-0.25, -0.2) is 9.97 Å². The SMILES string of the molecule is CNc1ncnc(NC2CNC(=O)C2)c1C(C)C. The predicted octanol–water partition coefficient (Wildman–Crippen LogP) is 0.942. The zero-order chi connectivity index (χ0) is 13.1. The lowest BCUT2D eigenvalue weighted by Crippen LogP contribution is -2.24. The fourth-order valence-corrected chi connectivity index (χ4v) is 2.16. The number of hydrogen-bond donors (Lipinski definition) is 3. The molecule has 98 valence electrons. The Balaban J connectivity index is 2.24. The summed E-state index contributed by atoms with van der Waals surface area (Å²) in [5.74, 6) is 2.04. The first-order chi connectivity index (χ1) is 8.61. The standard InChI is InChI=1S/C12H19N5O/c1-7(2)10-11(13-3)15-6-16-12(10)17-8-4-9(18)14-5-8/h6-8H,4-5H2,1-3H3,(H,14,18)(H2,13,15,16,17).